The Morgan fingerprint density at radius 2 is 2.23 bits per heavy atom. The lowest BCUT2D eigenvalue weighted by atomic mass is 10.3. The standard InChI is InChI=1S/C10H12FNS/c11-8-3-4-9(12)10(5-8)13-6-7-1-2-7/h3-5,7H,1-2,6,12H2. The highest BCUT2D eigenvalue weighted by molar-refractivity contribution is 7.99. The largest absolute Gasteiger partial charge is 0.398 e. The van der Waals surface area contributed by atoms with Crippen LogP contribution in [0.3, 0.4) is 0 Å². The second-order valence-corrected chi connectivity index (χ2v) is 4.50. The molecule has 0 amide bonds. The Hall–Kier alpha value is -0.700. The fourth-order valence-electron chi connectivity index (χ4n) is 1.13. The molecule has 0 radical (unpaired) electrons. The van der Waals surface area contributed by atoms with Crippen molar-refractivity contribution in [3.8, 4) is 0 Å². The van der Waals surface area contributed by atoms with E-state index in [9.17, 15) is 4.39 Å². The van der Waals surface area contributed by atoms with Gasteiger partial charge in [0.05, 0.1) is 0 Å². The number of hydrogen-bond acceptors (Lipinski definition) is 2. The number of thioether (sulfide) groups is 1. The Morgan fingerprint density at radius 3 is 2.92 bits per heavy atom. The molecule has 0 aromatic heterocycles. The van der Waals surface area contributed by atoms with Gasteiger partial charge in [0.25, 0.3) is 0 Å². The van der Waals surface area contributed by atoms with Crippen molar-refractivity contribution < 1.29 is 4.39 Å². The summed E-state index contributed by atoms with van der Waals surface area (Å²) in [6, 6.07) is 4.55. The van der Waals surface area contributed by atoms with Gasteiger partial charge in [0.15, 0.2) is 0 Å². The minimum Gasteiger partial charge on any atom is -0.398 e. The van der Waals surface area contributed by atoms with Gasteiger partial charge >= 0.3 is 0 Å². The molecule has 70 valence electrons. The second-order valence-electron chi connectivity index (χ2n) is 3.44. The first-order valence-corrected chi connectivity index (χ1v) is 5.42. The molecular weight excluding hydrogens is 185 g/mol. The molecule has 1 aliphatic carbocycles. The van der Waals surface area contributed by atoms with Gasteiger partial charge < -0.3 is 5.73 Å². The van der Waals surface area contributed by atoms with E-state index in [4.69, 9.17) is 5.73 Å². The molecule has 0 bridgehead atoms. The Morgan fingerprint density at radius 1 is 1.46 bits per heavy atom. The van der Waals surface area contributed by atoms with Crippen LogP contribution in [0, 0.1) is 11.7 Å². The second kappa shape index (κ2) is 3.58. The minimum atomic E-state index is -0.201. The first-order valence-electron chi connectivity index (χ1n) is 4.43. The van der Waals surface area contributed by atoms with E-state index < -0.39 is 0 Å². The number of nitrogen functional groups attached to an aromatic ring is 1. The van der Waals surface area contributed by atoms with Gasteiger partial charge in [-0.05, 0) is 37.0 Å². The fourth-order valence-corrected chi connectivity index (χ4v) is 2.30. The van der Waals surface area contributed by atoms with Crippen LogP contribution in [0.15, 0.2) is 23.1 Å². The Balaban J connectivity index is 2.03. The third kappa shape index (κ3) is 2.37. The van der Waals surface area contributed by atoms with Crippen molar-refractivity contribution in [1.29, 1.82) is 0 Å². The van der Waals surface area contributed by atoms with E-state index in [1.807, 2.05) is 0 Å². The smallest absolute Gasteiger partial charge is 0.124 e. The van der Waals surface area contributed by atoms with Crippen molar-refractivity contribution in [1.82, 2.24) is 0 Å². The lowest BCUT2D eigenvalue weighted by Gasteiger charge is -2.03. The topological polar surface area (TPSA) is 26.0 Å². The minimum absolute atomic E-state index is 0.201. The number of anilines is 1. The molecule has 13 heavy (non-hydrogen) atoms. The summed E-state index contributed by atoms with van der Waals surface area (Å²) in [5, 5.41) is 0. The fraction of sp³-hybridized carbons (Fsp3) is 0.400. The summed E-state index contributed by atoms with van der Waals surface area (Å²) < 4.78 is 12.8. The number of halogens is 1. The molecule has 3 heteroatoms. The molecule has 0 saturated heterocycles. The first-order chi connectivity index (χ1) is 6.25. The van der Waals surface area contributed by atoms with E-state index in [-0.39, 0.29) is 5.82 Å². The maximum absolute atomic E-state index is 12.8. The van der Waals surface area contributed by atoms with Crippen LogP contribution >= 0.6 is 11.8 Å². The predicted molar refractivity (Wildman–Crippen MR) is 54.3 cm³/mol. The maximum atomic E-state index is 12.8. The van der Waals surface area contributed by atoms with E-state index in [1.165, 1.54) is 25.0 Å². The number of benzene rings is 1. The molecule has 2 N–H and O–H groups in total. The zero-order valence-corrected chi connectivity index (χ0v) is 8.11. The summed E-state index contributed by atoms with van der Waals surface area (Å²) in [7, 11) is 0. The van der Waals surface area contributed by atoms with Crippen LogP contribution in [0.4, 0.5) is 10.1 Å². The summed E-state index contributed by atoms with van der Waals surface area (Å²) in [5.41, 5.74) is 6.40. The van der Waals surface area contributed by atoms with Crippen LogP contribution in [0.1, 0.15) is 12.8 Å². The number of hydrogen-bond donors (Lipinski definition) is 1. The van der Waals surface area contributed by atoms with Crippen LogP contribution < -0.4 is 5.73 Å². The third-order valence-corrected chi connectivity index (χ3v) is 3.45. The summed E-state index contributed by atoms with van der Waals surface area (Å²) in [6.45, 7) is 0. The van der Waals surface area contributed by atoms with E-state index in [0.717, 1.165) is 16.6 Å². The highest BCUT2D eigenvalue weighted by Crippen LogP contribution is 2.36. The van der Waals surface area contributed by atoms with Crippen molar-refractivity contribution >= 4 is 17.4 Å². The average molecular weight is 197 g/mol. The van der Waals surface area contributed by atoms with E-state index >= 15 is 0 Å². The Labute approximate surface area is 81.5 Å². The van der Waals surface area contributed by atoms with Gasteiger partial charge in [-0.15, -0.1) is 11.8 Å². The van der Waals surface area contributed by atoms with Crippen LogP contribution in [0.5, 0.6) is 0 Å². The zero-order chi connectivity index (χ0) is 9.26. The lowest BCUT2D eigenvalue weighted by Crippen LogP contribution is -1.91. The van der Waals surface area contributed by atoms with Gasteiger partial charge in [-0.3, -0.25) is 0 Å². The quantitative estimate of drug-likeness (QED) is 0.595. The molecule has 1 aromatic rings. The van der Waals surface area contributed by atoms with Crippen molar-refractivity contribution in [3.05, 3.63) is 24.0 Å². The molecule has 0 atom stereocenters. The normalized spacial score (nSPS) is 16.1. The maximum Gasteiger partial charge on any atom is 0.124 e. The Bertz CT molecular complexity index is 310. The Kier molecular flexibility index (Phi) is 2.44. The summed E-state index contributed by atoms with van der Waals surface area (Å²) in [6.07, 6.45) is 2.64. The molecule has 1 nitrogen and oxygen atoms in total. The van der Waals surface area contributed by atoms with Gasteiger partial charge in [-0.1, -0.05) is 0 Å². The van der Waals surface area contributed by atoms with Gasteiger partial charge in [-0.2, -0.15) is 0 Å². The van der Waals surface area contributed by atoms with Crippen molar-refractivity contribution in [3.63, 3.8) is 0 Å². The van der Waals surface area contributed by atoms with E-state index in [2.05, 4.69) is 0 Å². The van der Waals surface area contributed by atoms with Crippen LogP contribution in [-0.2, 0) is 0 Å². The van der Waals surface area contributed by atoms with Gasteiger partial charge in [0, 0.05) is 16.3 Å². The lowest BCUT2D eigenvalue weighted by molar-refractivity contribution is 0.624. The third-order valence-electron chi connectivity index (χ3n) is 2.15. The highest BCUT2D eigenvalue weighted by atomic mass is 32.2. The molecule has 1 saturated carbocycles. The van der Waals surface area contributed by atoms with Crippen LogP contribution in [0.25, 0.3) is 0 Å². The molecule has 1 aliphatic rings. The summed E-state index contributed by atoms with van der Waals surface area (Å²) in [5.74, 6) is 1.72. The molecule has 0 spiro atoms. The average Bonchev–Trinajstić information content (AvgIpc) is 2.90. The SMILES string of the molecule is Nc1ccc(F)cc1SCC1CC1. The summed E-state index contributed by atoms with van der Waals surface area (Å²) in [4.78, 5) is 0.881. The van der Waals surface area contributed by atoms with E-state index in [0.29, 0.717) is 5.69 Å². The predicted octanol–water partition coefficient (Wildman–Crippen LogP) is 2.91. The molecule has 0 unspecified atom stereocenters. The van der Waals surface area contributed by atoms with Crippen LogP contribution in [0.2, 0.25) is 0 Å². The zero-order valence-electron chi connectivity index (χ0n) is 7.29. The van der Waals surface area contributed by atoms with Gasteiger partial charge in [-0.25, -0.2) is 4.39 Å². The molecule has 0 aliphatic heterocycles. The van der Waals surface area contributed by atoms with Gasteiger partial charge in [0.2, 0.25) is 0 Å². The van der Waals surface area contributed by atoms with Crippen molar-refractivity contribution in [2.45, 2.75) is 17.7 Å². The van der Waals surface area contributed by atoms with E-state index in [1.54, 1.807) is 17.8 Å². The first kappa shape index (κ1) is 8.88. The molecule has 1 aromatic carbocycles. The summed E-state index contributed by atoms with van der Waals surface area (Å²) >= 11 is 1.67. The molecular formula is C10H12FNS. The number of rotatable bonds is 3. The monoisotopic (exact) mass is 197 g/mol. The molecule has 1 fully saturated rings. The number of nitrogens with two attached hydrogens (primary N) is 1. The van der Waals surface area contributed by atoms with Crippen molar-refractivity contribution in [2.24, 2.45) is 5.92 Å². The highest BCUT2D eigenvalue weighted by Gasteiger charge is 2.21. The molecule has 2 rings (SSSR count). The van der Waals surface area contributed by atoms with Crippen LogP contribution in [-0.4, -0.2) is 5.75 Å². The van der Waals surface area contributed by atoms with Crippen molar-refractivity contribution in [2.75, 3.05) is 11.5 Å². The molecule has 0 heterocycles. The van der Waals surface area contributed by atoms with Gasteiger partial charge in [0.1, 0.15) is 5.82 Å².